The number of nitrogens with zero attached hydrogens (tertiary/aromatic N) is 5. The summed E-state index contributed by atoms with van der Waals surface area (Å²) in [6.45, 7) is 3.41. The fourth-order valence-electron chi connectivity index (χ4n) is 1.90. The molecule has 0 aliphatic heterocycles. The molecule has 0 unspecified atom stereocenters. The van der Waals surface area contributed by atoms with Gasteiger partial charge in [-0.05, 0) is 36.4 Å². The average Bonchev–Trinajstić information content (AvgIpc) is 2.82. The van der Waals surface area contributed by atoms with Crippen molar-refractivity contribution in [3.63, 3.8) is 0 Å². The number of para-hydroxylation sites is 1. The Labute approximate surface area is 120 Å². The molecule has 0 fully saturated rings. The van der Waals surface area contributed by atoms with Gasteiger partial charge in [0.05, 0.1) is 0 Å². The van der Waals surface area contributed by atoms with E-state index in [2.05, 4.69) is 10.4 Å². The summed E-state index contributed by atoms with van der Waals surface area (Å²) in [4.78, 5) is 36.3. The van der Waals surface area contributed by atoms with E-state index in [9.17, 15) is 14.4 Å². The Kier molecular flexibility index (Phi) is 4.27. The normalized spacial score (nSPS) is 10.6. The SMILES string of the molecule is CC(C)N(C(=O)n1nnn(CC=O)c1=O)c1ccccc1. The number of benzene rings is 1. The van der Waals surface area contributed by atoms with Crippen LogP contribution in [0.25, 0.3) is 0 Å². The Bertz CT molecular complexity index is 689. The molecule has 1 aromatic heterocycles. The van der Waals surface area contributed by atoms with Crippen LogP contribution in [0, 0.1) is 0 Å². The summed E-state index contributed by atoms with van der Waals surface area (Å²) in [5.74, 6) is 0. The molecule has 8 nitrogen and oxygen atoms in total. The average molecular weight is 289 g/mol. The van der Waals surface area contributed by atoms with E-state index in [0.29, 0.717) is 16.7 Å². The molecule has 1 aromatic carbocycles. The lowest BCUT2D eigenvalue weighted by Gasteiger charge is -2.25. The van der Waals surface area contributed by atoms with Gasteiger partial charge in [-0.15, -0.1) is 4.68 Å². The number of rotatable bonds is 4. The lowest BCUT2D eigenvalue weighted by Crippen LogP contribution is -2.44. The Morgan fingerprint density at radius 3 is 2.52 bits per heavy atom. The van der Waals surface area contributed by atoms with E-state index in [1.54, 1.807) is 24.3 Å². The first-order chi connectivity index (χ1) is 10.1. The standard InChI is InChI=1S/C13H15N5O3/c1-10(2)17(11-6-4-3-5-7-11)13(21)18-12(20)16(8-9-19)14-15-18/h3-7,9-10H,8H2,1-2H3. The first-order valence-corrected chi connectivity index (χ1v) is 6.41. The highest BCUT2D eigenvalue weighted by molar-refractivity contribution is 5.93. The van der Waals surface area contributed by atoms with Crippen molar-refractivity contribution in [1.82, 2.24) is 19.8 Å². The molecule has 0 atom stereocenters. The fraction of sp³-hybridized carbons (Fsp3) is 0.308. The third-order valence-corrected chi connectivity index (χ3v) is 2.82. The maximum atomic E-state index is 12.5. The smallest absolute Gasteiger partial charge is 0.301 e. The predicted molar refractivity (Wildman–Crippen MR) is 75.2 cm³/mol. The first kappa shape index (κ1) is 14.6. The Morgan fingerprint density at radius 1 is 1.29 bits per heavy atom. The summed E-state index contributed by atoms with van der Waals surface area (Å²) in [5.41, 5.74) is -0.0944. The Hall–Kier alpha value is -2.77. The number of carbonyl (C=O) groups is 2. The molecule has 21 heavy (non-hydrogen) atoms. The molecule has 110 valence electrons. The van der Waals surface area contributed by atoms with Crippen LogP contribution in [-0.4, -0.2) is 38.1 Å². The molecule has 0 spiro atoms. The van der Waals surface area contributed by atoms with Crippen molar-refractivity contribution >= 4 is 18.0 Å². The van der Waals surface area contributed by atoms with Crippen LogP contribution in [0.5, 0.6) is 0 Å². The van der Waals surface area contributed by atoms with Gasteiger partial charge in [0, 0.05) is 11.7 Å². The molecule has 2 rings (SSSR count). The lowest BCUT2D eigenvalue weighted by molar-refractivity contribution is -0.108. The van der Waals surface area contributed by atoms with Crippen molar-refractivity contribution in [2.24, 2.45) is 0 Å². The minimum absolute atomic E-state index is 0.178. The first-order valence-electron chi connectivity index (χ1n) is 6.41. The van der Waals surface area contributed by atoms with Crippen molar-refractivity contribution in [1.29, 1.82) is 0 Å². The molecule has 1 amide bonds. The molecule has 0 N–H and O–H groups in total. The molecule has 0 saturated carbocycles. The number of hydrogen-bond acceptors (Lipinski definition) is 5. The second-order valence-electron chi connectivity index (χ2n) is 4.60. The van der Waals surface area contributed by atoms with Crippen LogP contribution in [0.1, 0.15) is 13.8 Å². The highest BCUT2D eigenvalue weighted by Crippen LogP contribution is 2.17. The number of tetrazole rings is 1. The van der Waals surface area contributed by atoms with Crippen molar-refractivity contribution in [2.45, 2.75) is 26.4 Å². The number of amides is 1. The van der Waals surface area contributed by atoms with Crippen LogP contribution < -0.4 is 10.6 Å². The molecule has 0 bridgehead atoms. The molecule has 2 aromatic rings. The number of anilines is 1. The van der Waals surface area contributed by atoms with Gasteiger partial charge in [0.15, 0.2) is 0 Å². The van der Waals surface area contributed by atoms with E-state index in [1.165, 1.54) is 4.90 Å². The zero-order valence-electron chi connectivity index (χ0n) is 11.7. The van der Waals surface area contributed by atoms with Gasteiger partial charge in [-0.25, -0.2) is 9.59 Å². The number of carbonyl (C=O) groups excluding carboxylic acids is 2. The Balaban J connectivity index is 2.41. The van der Waals surface area contributed by atoms with E-state index in [1.807, 2.05) is 19.9 Å². The lowest BCUT2D eigenvalue weighted by atomic mass is 10.2. The van der Waals surface area contributed by atoms with Crippen LogP contribution in [0.3, 0.4) is 0 Å². The largest absolute Gasteiger partial charge is 0.372 e. The van der Waals surface area contributed by atoms with Gasteiger partial charge in [0.1, 0.15) is 12.8 Å². The summed E-state index contributed by atoms with van der Waals surface area (Å²) in [5, 5.41) is 7.03. The van der Waals surface area contributed by atoms with Crippen molar-refractivity contribution in [3.05, 3.63) is 40.8 Å². The molecule has 8 heteroatoms. The summed E-state index contributed by atoms with van der Waals surface area (Å²) in [6, 6.07) is 8.16. The topological polar surface area (TPSA) is 90.1 Å². The fourth-order valence-corrected chi connectivity index (χ4v) is 1.90. The van der Waals surface area contributed by atoms with Crippen LogP contribution in [0.4, 0.5) is 10.5 Å². The van der Waals surface area contributed by atoms with Crippen LogP contribution in [0.2, 0.25) is 0 Å². The third-order valence-electron chi connectivity index (χ3n) is 2.82. The van der Waals surface area contributed by atoms with Crippen LogP contribution in [0.15, 0.2) is 35.1 Å². The summed E-state index contributed by atoms with van der Waals surface area (Å²) in [6.07, 6.45) is 0.516. The van der Waals surface area contributed by atoms with Gasteiger partial charge in [-0.2, -0.15) is 4.68 Å². The second kappa shape index (κ2) is 6.12. The monoisotopic (exact) mass is 289 g/mol. The highest BCUT2D eigenvalue weighted by Gasteiger charge is 2.24. The zero-order valence-corrected chi connectivity index (χ0v) is 11.7. The highest BCUT2D eigenvalue weighted by atomic mass is 16.2. The van der Waals surface area contributed by atoms with Gasteiger partial charge >= 0.3 is 11.7 Å². The maximum absolute atomic E-state index is 12.5. The van der Waals surface area contributed by atoms with E-state index in [0.717, 1.165) is 4.68 Å². The van der Waals surface area contributed by atoms with E-state index in [-0.39, 0.29) is 12.6 Å². The third kappa shape index (κ3) is 2.88. The van der Waals surface area contributed by atoms with E-state index in [4.69, 9.17) is 0 Å². The number of aldehydes is 1. The molecule has 0 aliphatic rings. The van der Waals surface area contributed by atoms with Gasteiger partial charge in [0.2, 0.25) is 0 Å². The molecular weight excluding hydrogens is 274 g/mol. The van der Waals surface area contributed by atoms with Crippen LogP contribution >= 0.6 is 0 Å². The van der Waals surface area contributed by atoms with Gasteiger partial charge < -0.3 is 4.79 Å². The van der Waals surface area contributed by atoms with Crippen molar-refractivity contribution in [3.8, 4) is 0 Å². The summed E-state index contributed by atoms with van der Waals surface area (Å²) < 4.78 is 1.48. The summed E-state index contributed by atoms with van der Waals surface area (Å²) in [7, 11) is 0. The molecule has 0 saturated heterocycles. The minimum atomic E-state index is -0.742. The molecule has 1 heterocycles. The van der Waals surface area contributed by atoms with Gasteiger partial charge in [-0.1, -0.05) is 18.2 Å². The maximum Gasteiger partial charge on any atom is 0.372 e. The summed E-state index contributed by atoms with van der Waals surface area (Å²) >= 11 is 0. The Morgan fingerprint density at radius 2 is 1.95 bits per heavy atom. The zero-order chi connectivity index (χ0) is 15.4. The number of hydrogen-bond donors (Lipinski definition) is 0. The molecule has 0 radical (unpaired) electrons. The van der Waals surface area contributed by atoms with Crippen molar-refractivity contribution < 1.29 is 9.59 Å². The molecular formula is C13H15N5O3. The second-order valence-corrected chi connectivity index (χ2v) is 4.60. The van der Waals surface area contributed by atoms with Gasteiger partial charge in [-0.3, -0.25) is 4.90 Å². The van der Waals surface area contributed by atoms with E-state index >= 15 is 0 Å². The van der Waals surface area contributed by atoms with Crippen LogP contribution in [-0.2, 0) is 11.3 Å². The molecule has 0 aliphatic carbocycles. The van der Waals surface area contributed by atoms with Crippen molar-refractivity contribution in [2.75, 3.05) is 4.90 Å². The minimum Gasteiger partial charge on any atom is -0.301 e. The quantitative estimate of drug-likeness (QED) is 0.604. The van der Waals surface area contributed by atoms with Gasteiger partial charge in [0.25, 0.3) is 0 Å². The number of aromatic nitrogens is 4. The van der Waals surface area contributed by atoms with E-state index < -0.39 is 11.7 Å². The predicted octanol–water partition coefficient (Wildman–Crippen LogP) is 0.522.